The minimum absolute atomic E-state index is 0.0141. The Morgan fingerprint density at radius 2 is 1.69 bits per heavy atom. The van der Waals surface area contributed by atoms with Crippen LogP contribution in [0.15, 0.2) is 48.7 Å². The first-order valence-corrected chi connectivity index (χ1v) is 14.8. The number of aromatic nitrogens is 2. The van der Waals surface area contributed by atoms with Gasteiger partial charge in [-0.3, -0.25) is 4.79 Å². The summed E-state index contributed by atoms with van der Waals surface area (Å²) < 4.78 is 5.44. The van der Waals surface area contributed by atoms with Crippen LogP contribution in [0, 0.1) is 23.7 Å². The number of imidazole rings is 1. The maximum atomic E-state index is 11.1. The number of hydrogen-bond donors (Lipinski definition) is 3. The third-order valence-corrected chi connectivity index (χ3v) is 5.70. The summed E-state index contributed by atoms with van der Waals surface area (Å²) >= 11 is 0. The van der Waals surface area contributed by atoms with Crippen molar-refractivity contribution in [2.75, 3.05) is 0 Å². The van der Waals surface area contributed by atoms with E-state index in [9.17, 15) is 4.79 Å². The van der Waals surface area contributed by atoms with Crippen molar-refractivity contribution in [3.8, 4) is 23.1 Å². The van der Waals surface area contributed by atoms with E-state index in [0.717, 1.165) is 17.9 Å². The Morgan fingerprint density at radius 3 is 2.07 bits per heavy atom. The van der Waals surface area contributed by atoms with Crippen molar-refractivity contribution in [1.29, 1.82) is 10.7 Å². The Hall–Kier alpha value is -3.76. The van der Waals surface area contributed by atoms with Crippen molar-refractivity contribution < 1.29 is 9.53 Å². The van der Waals surface area contributed by atoms with Crippen molar-refractivity contribution in [1.82, 2.24) is 9.97 Å². The lowest BCUT2D eigenvalue weighted by Crippen LogP contribution is -2.17. The highest BCUT2D eigenvalue weighted by molar-refractivity contribution is 5.94. The molecule has 232 valence electrons. The highest BCUT2D eigenvalue weighted by Gasteiger charge is 2.17. The van der Waals surface area contributed by atoms with Crippen LogP contribution in [0.25, 0.3) is 11.3 Å². The van der Waals surface area contributed by atoms with E-state index < -0.39 is 0 Å². The molecule has 0 bridgehead atoms. The van der Waals surface area contributed by atoms with Gasteiger partial charge in [-0.15, -0.1) is 0 Å². The van der Waals surface area contributed by atoms with E-state index in [1.165, 1.54) is 30.9 Å². The number of rotatable bonds is 7. The number of ketones is 1. The van der Waals surface area contributed by atoms with Gasteiger partial charge in [-0.1, -0.05) is 84.7 Å². The smallest absolute Gasteiger partial charge is 0.159 e. The van der Waals surface area contributed by atoms with Gasteiger partial charge in [-0.2, -0.15) is 5.26 Å². The first-order chi connectivity index (χ1) is 19.8. The molecule has 1 heterocycles. The quantitative estimate of drug-likeness (QED) is 0.190. The molecule has 0 aliphatic heterocycles. The van der Waals surface area contributed by atoms with Gasteiger partial charge >= 0.3 is 0 Å². The molecule has 0 fully saturated rings. The molecule has 7 nitrogen and oxygen atoms in total. The predicted octanol–water partition coefficient (Wildman–Crippen LogP) is 9.05. The van der Waals surface area contributed by atoms with Gasteiger partial charge in [0.2, 0.25) is 0 Å². The molecule has 4 N–H and O–H groups in total. The standard InChI is InChI=1S/C14H18N2.C12H13NO2.C6H15N.C2H6.CH3N/c1-10-5-7-11(8-6-10)12-9-15-13(16-12)14(2,3)4;1-8(2)15-12-5-4-10(9(3)14)6-11(12)7-13;1-3-5-6(7)4-2;2*1-2/h5-9H,1-4H3,(H,15,16);4-6,8H,1-3H3;6H,3-5,7H2,1-2H3;1-2H3;2H,1H2. The zero-order chi connectivity index (χ0) is 32.9. The van der Waals surface area contributed by atoms with Crippen LogP contribution in [-0.4, -0.2) is 34.6 Å². The fourth-order valence-electron chi connectivity index (χ4n) is 3.35. The van der Waals surface area contributed by atoms with E-state index in [-0.39, 0.29) is 17.3 Å². The highest BCUT2D eigenvalue weighted by Crippen LogP contribution is 2.24. The number of aromatic amines is 1. The summed E-state index contributed by atoms with van der Waals surface area (Å²) in [5.74, 6) is 1.50. The number of nitrogens with one attached hydrogen (secondary N) is 2. The number of hydrogen-bond acceptors (Lipinski definition) is 6. The number of nitriles is 1. The summed E-state index contributed by atoms with van der Waals surface area (Å²) in [5, 5.41) is 14.4. The van der Waals surface area contributed by atoms with Crippen molar-refractivity contribution in [2.24, 2.45) is 5.73 Å². The second-order valence-corrected chi connectivity index (χ2v) is 10.8. The Balaban J connectivity index is 0. The summed E-state index contributed by atoms with van der Waals surface area (Å²) in [6.07, 6.45) is 5.44. The summed E-state index contributed by atoms with van der Waals surface area (Å²) in [4.78, 5) is 18.9. The van der Waals surface area contributed by atoms with Gasteiger partial charge < -0.3 is 20.9 Å². The van der Waals surface area contributed by atoms with Crippen LogP contribution < -0.4 is 10.5 Å². The zero-order valence-electron chi connectivity index (χ0n) is 27.9. The average Bonchev–Trinajstić information content (AvgIpc) is 3.48. The highest BCUT2D eigenvalue weighted by atomic mass is 16.5. The fourth-order valence-corrected chi connectivity index (χ4v) is 3.35. The van der Waals surface area contributed by atoms with Gasteiger partial charge in [0, 0.05) is 17.0 Å². The molecule has 0 saturated heterocycles. The molecule has 1 atom stereocenters. The fraction of sp³-hybridized carbons (Fsp3) is 0.486. The largest absolute Gasteiger partial charge is 0.490 e. The molecule has 1 aromatic heterocycles. The van der Waals surface area contributed by atoms with E-state index in [0.29, 0.717) is 22.9 Å². The molecular weight excluding hydrogens is 522 g/mol. The summed E-state index contributed by atoms with van der Waals surface area (Å²) in [6, 6.07) is 15.8. The lowest BCUT2D eigenvalue weighted by atomic mass is 9.96. The number of carbonyl (C=O) groups is 1. The van der Waals surface area contributed by atoms with Crippen LogP contribution in [0.5, 0.6) is 5.75 Å². The van der Waals surface area contributed by atoms with Crippen LogP contribution in [0.3, 0.4) is 0 Å². The van der Waals surface area contributed by atoms with Crippen molar-refractivity contribution in [3.05, 3.63) is 71.2 Å². The monoisotopic (exact) mass is 577 g/mol. The minimum atomic E-state index is -0.0532. The molecule has 0 aliphatic rings. The Bertz CT molecular complexity index is 1190. The normalized spacial score (nSPS) is 10.6. The molecule has 1 unspecified atom stereocenters. The third-order valence-electron chi connectivity index (χ3n) is 5.70. The van der Waals surface area contributed by atoms with Crippen LogP contribution in [-0.2, 0) is 5.41 Å². The van der Waals surface area contributed by atoms with Crippen molar-refractivity contribution in [3.63, 3.8) is 0 Å². The SMILES string of the molecule is C=N.CC.CC(=O)c1ccc(OC(C)C)c(C#N)c1.CCCC(N)CC.Cc1ccc(-c2cnc(C(C)(C)C)[nH]2)cc1. The molecule has 3 aromatic rings. The maximum absolute atomic E-state index is 11.1. The molecule has 7 heteroatoms. The average molecular weight is 578 g/mol. The molecule has 2 aromatic carbocycles. The van der Waals surface area contributed by atoms with Crippen LogP contribution in [0.4, 0.5) is 0 Å². The maximum Gasteiger partial charge on any atom is 0.159 e. The number of aryl methyl sites for hydroxylation is 1. The molecule has 42 heavy (non-hydrogen) atoms. The molecule has 0 amide bonds. The van der Waals surface area contributed by atoms with E-state index in [4.69, 9.17) is 21.1 Å². The number of Topliss-reactive ketones (excluding diaryl/α,β-unsaturated/α-hetero) is 1. The molecule has 3 rings (SSSR count). The third kappa shape index (κ3) is 15.9. The van der Waals surface area contributed by atoms with Gasteiger partial charge in [-0.25, -0.2) is 4.98 Å². The second kappa shape index (κ2) is 21.9. The molecule has 0 radical (unpaired) electrons. The number of benzene rings is 2. The Morgan fingerprint density at radius 1 is 1.12 bits per heavy atom. The lowest BCUT2D eigenvalue weighted by molar-refractivity contribution is 0.101. The molecule has 0 aliphatic carbocycles. The van der Waals surface area contributed by atoms with Gasteiger partial charge in [0.1, 0.15) is 17.6 Å². The minimum Gasteiger partial charge on any atom is -0.490 e. The summed E-state index contributed by atoms with van der Waals surface area (Å²) in [5.41, 5.74) is 10.1. The van der Waals surface area contributed by atoms with Gasteiger partial charge in [0.15, 0.2) is 5.78 Å². The number of carbonyl (C=O) groups excluding carboxylic acids is 1. The number of nitrogens with zero attached hydrogens (tertiary/aromatic N) is 2. The number of H-pyrrole nitrogens is 1. The zero-order valence-corrected chi connectivity index (χ0v) is 27.9. The first kappa shape index (κ1) is 40.4. The topological polar surface area (TPSA) is 129 Å². The van der Waals surface area contributed by atoms with E-state index in [1.807, 2.05) is 40.0 Å². The van der Waals surface area contributed by atoms with Crippen molar-refractivity contribution in [2.45, 2.75) is 113 Å². The Kier molecular flexibility index (Phi) is 21.1. The van der Waals surface area contributed by atoms with E-state index in [1.54, 1.807) is 18.2 Å². The lowest BCUT2D eigenvalue weighted by Gasteiger charge is -2.14. The second-order valence-electron chi connectivity index (χ2n) is 10.8. The summed E-state index contributed by atoms with van der Waals surface area (Å²) in [7, 11) is 0. The van der Waals surface area contributed by atoms with Crippen LogP contribution >= 0.6 is 0 Å². The Labute approximate surface area is 255 Å². The van der Waals surface area contributed by atoms with Crippen LogP contribution in [0.2, 0.25) is 0 Å². The molecule has 0 saturated carbocycles. The van der Waals surface area contributed by atoms with E-state index in [2.05, 4.69) is 82.5 Å². The van der Waals surface area contributed by atoms with Crippen LogP contribution in [0.1, 0.15) is 116 Å². The predicted molar refractivity (Wildman–Crippen MR) is 179 cm³/mol. The van der Waals surface area contributed by atoms with E-state index >= 15 is 0 Å². The summed E-state index contributed by atoms with van der Waals surface area (Å²) in [6.45, 7) is 24.6. The van der Waals surface area contributed by atoms with Crippen molar-refractivity contribution >= 4 is 12.5 Å². The number of nitrogens with two attached hydrogens (primary N) is 1. The van der Waals surface area contributed by atoms with Gasteiger partial charge in [-0.05, 0) is 71.0 Å². The first-order valence-electron chi connectivity index (χ1n) is 14.8. The number of ether oxygens (including phenoxy) is 1. The van der Waals surface area contributed by atoms with Gasteiger partial charge in [0.05, 0.1) is 23.6 Å². The molecular formula is C35H55N5O2. The molecule has 0 spiro atoms. The van der Waals surface area contributed by atoms with Gasteiger partial charge in [0.25, 0.3) is 0 Å².